The van der Waals surface area contributed by atoms with Gasteiger partial charge in [-0.15, -0.1) is 10.2 Å². The Hall–Kier alpha value is -2.54. The Labute approximate surface area is 188 Å². The van der Waals surface area contributed by atoms with Crippen LogP contribution in [0.25, 0.3) is 11.6 Å². The second-order valence-electron chi connectivity index (χ2n) is 7.86. The summed E-state index contributed by atoms with van der Waals surface area (Å²) in [6.07, 6.45) is 7.53. The molecule has 0 N–H and O–H groups in total. The van der Waals surface area contributed by atoms with Gasteiger partial charge in [0.2, 0.25) is 11.7 Å². The fourth-order valence-corrected chi connectivity index (χ4v) is 5.49. The molecule has 1 unspecified atom stereocenters. The Balaban J connectivity index is 1.73. The average molecular weight is 439 g/mol. The molecule has 1 amide bonds. The number of carbonyl (C=O) groups is 1. The zero-order chi connectivity index (χ0) is 21.6. The number of benzene rings is 1. The van der Waals surface area contributed by atoms with E-state index in [9.17, 15) is 4.79 Å². The normalized spacial score (nSPS) is 15.7. The van der Waals surface area contributed by atoms with Crippen LogP contribution in [0.1, 0.15) is 62.8 Å². The fourth-order valence-electron chi connectivity index (χ4n) is 4.29. The average Bonchev–Trinajstić information content (AvgIpc) is 3.49. The smallest absolute Gasteiger partial charge is 0.240 e. The van der Waals surface area contributed by atoms with Crippen LogP contribution in [0.2, 0.25) is 0 Å². The van der Waals surface area contributed by atoms with Crippen LogP contribution in [0, 0.1) is 0 Å². The lowest BCUT2D eigenvalue weighted by molar-refractivity contribution is -0.130. The summed E-state index contributed by atoms with van der Waals surface area (Å²) in [6, 6.07) is 14.1. The molecule has 7 heteroatoms. The number of furan rings is 1. The molecule has 0 aliphatic heterocycles. The summed E-state index contributed by atoms with van der Waals surface area (Å²) >= 11 is 1.50. The summed E-state index contributed by atoms with van der Waals surface area (Å²) in [7, 11) is 0. The molecule has 1 aliphatic rings. The molecular formula is C24H30N4O2S. The molecule has 164 valence electrons. The van der Waals surface area contributed by atoms with Crippen molar-refractivity contribution in [3.05, 3.63) is 54.3 Å². The Kier molecular flexibility index (Phi) is 7.12. The van der Waals surface area contributed by atoms with E-state index in [0.29, 0.717) is 19.1 Å². The van der Waals surface area contributed by atoms with Crippen molar-refractivity contribution in [2.24, 2.45) is 0 Å². The van der Waals surface area contributed by atoms with Crippen molar-refractivity contribution in [1.82, 2.24) is 19.7 Å². The van der Waals surface area contributed by atoms with Gasteiger partial charge >= 0.3 is 0 Å². The molecule has 1 atom stereocenters. The third-order valence-electron chi connectivity index (χ3n) is 5.97. The van der Waals surface area contributed by atoms with Crippen molar-refractivity contribution >= 4 is 17.7 Å². The molecule has 2 heterocycles. The van der Waals surface area contributed by atoms with Crippen LogP contribution in [0.5, 0.6) is 0 Å². The molecule has 1 aliphatic carbocycles. The number of rotatable bonds is 8. The van der Waals surface area contributed by atoms with E-state index in [0.717, 1.165) is 35.1 Å². The molecule has 4 rings (SSSR count). The number of hydrogen-bond donors (Lipinski definition) is 0. The number of hydrogen-bond acceptors (Lipinski definition) is 5. The largest absolute Gasteiger partial charge is 0.461 e. The molecular weight excluding hydrogens is 408 g/mol. The summed E-state index contributed by atoms with van der Waals surface area (Å²) < 4.78 is 7.88. The molecule has 2 aromatic heterocycles. The summed E-state index contributed by atoms with van der Waals surface area (Å²) in [5, 5.41) is 9.47. The Morgan fingerprint density at radius 3 is 2.48 bits per heavy atom. The number of carbonyl (C=O) groups excluding carboxylic acids is 1. The lowest BCUT2D eigenvalue weighted by Crippen LogP contribution is -2.34. The van der Waals surface area contributed by atoms with E-state index in [2.05, 4.69) is 14.8 Å². The van der Waals surface area contributed by atoms with Crippen LogP contribution in [-0.4, -0.2) is 38.7 Å². The van der Waals surface area contributed by atoms with E-state index in [4.69, 9.17) is 4.42 Å². The van der Waals surface area contributed by atoms with Crippen molar-refractivity contribution in [2.45, 2.75) is 62.4 Å². The minimum atomic E-state index is -0.364. The summed E-state index contributed by atoms with van der Waals surface area (Å²) in [5.74, 6) is 1.58. The monoisotopic (exact) mass is 438 g/mol. The second kappa shape index (κ2) is 10.2. The predicted molar refractivity (Wildman–Crippen MR) is 123 cm³/mol. The molecule has 0 bridgehead atoms. The molecule has 0 radical (unpaired) electrons. The van der Waals surface area contributed by atoms with Gasteiger partial charge in [0.05, 0.1) is 6.26 Å². The zero-order valence-electron chi connectivity index (χ0n) is 18.2. The number of nitrogens with zero attached hydrogens (tertiary/aromatic N) is 4. The Morgan fingerprint density at radius 2 is 1.84 bits per heavy atom. The van der Waals surface area contributed by atoms with Gasteiger partial charge in [-0.25, -0.2) is 0 Å². The topological polar surface area (TPSA) is 64.2 Å². The van der Waals surface area contributed by atoms with E-state index in [1.54, 1.807) is 6.26 Å². The van der Waals surface area contributed by atoms with Gasteiger partial charge in [0.1, 0.15) is 5.25 Å². The number of amides is 1. The highest BCUT2D eigenvalue weighted by Gasteiger charge is 2.31. The standard InChI is InChI=1S/C24H30N4O2S/c1-3-27(4-2)23(29)21(18-12-7-5-8-13-18)31-24-26-25-22(20-16-11-17-30-20)28(24)19-14-9-6-10-15-19/h5,7-8,11-13,16-17,19,21H,3-4,6,9-10,14-15H2,1-2H3. The third-order valence-corrected chi connectivity index (χ3v) is 7.17. The summed E-state index contributed by atoms with van der Waals surface area (Å²) in [6.45, 7) is 5.42. The van der Waals surface area contributed by atoms with Crippen molar-refractivity contribution in [3.8, 4) is 11.6 Å². The third kappa shape index (κ3) is 4.71. The van der Waals surface area contributed by atoms with Gasteiger partial charge in [-0.2, -0.15) is 0 Å². The highest BCUT2D eigenvalue weighted by Crippen LogP contribution is 2.41. The van der Waals surface area contributed by atoms with Gasteiger partial charge in [-0.3, -0.25) is 9.36 Å². The first-order chi connectivity index (χ1) is 15.2. The minimum absolute atomic E-state index is 0.110. The van der Waals surface area contributed by atoms with Gasteiger partial charge in [-0.05, 0) is 44.4 Å². The van der Waals surface area contributed by atoms with Crippen LogP contribution in [0.3, 0.4) is 0 Å². The van der Waals surface area contributed by atoms with Crippen molar-refractivity contribution in [1.29, 1.82) is 0 Å². The maximum absolute atomic E-state index is 13.5. The molecule has 6 nitrogen and oxygen atoms in total. The van der Waals surface area contributed by atoms with Crippen molar-refractivity contribution in [3.63, 3.8) is 0 Å². The van der Waals surface area contributed by atoms with Gasteiger partial charge in [0.25, 0.3) is 0 Å². The highest BCUT2D eigenvalue weighted by atomic mass is 32.2. The molecule has 1 saturated carbocycles. The van der Waals surface area contributed by atoms with Crippen LogP contribution in [-0.2, 0) is 4.79 Å². The second-order valence-corrected chi connectivity index (χ2v) is 8.94. The van der Waals surface area contributed by atoms with Crippen LogP contribution >= 0.6 is 11.8 Å². The maximum atomic E-state index is 13.5. The first-order valence-electron chi connectivity index (χ1n) is 11.2. The molecule has 1 fully saturated rings. The minimum Gasteiger partial charge on any atom is -0.461 e. The first kappa shape index (κ1) is 21.7. The SMILES string of the molecule is CCN(CC)C(=O)C(Sc1nnc(-c2ccco2)n1C1CCCCC1)c1ccccc1. The summed E-state index contributed by atoms with van der Waals surface area (Å²) in [5.41, 5.74) is 0.988. The quantitative estimate of drug-likeness (QED) is 0.419. The van der Waals surface area contributed by atoms with E-state index >= 15 is 0 Å². The van der Waals surface area contributed by atoms with Crippen LogP contribution < -0.4 is 0 Å². The van der Waals surface area contributed by atoms with Gasteiger partial charge < -0.3 is 9.32 Å². The first-order valence-corrected chi connectivity index (χ1v) is 12.1. The maximum Gasteiger partial charge on any atom is 0.240 e. The van der Waals surface area contributed by atoms with E-state index in [-0.39, 0.29) is 11.2 Å². The lowest BCUT2D eigenvalue weighted by Gasteiger charge is -2.27. The molecule has 0 spiro atoms. The van der Waals surface area contributed by atoms with E-state index < -0.39 is 0 Å². The van der Waals surface area contributed by atoms with Gasteiger partial charge in [0, 0.05) is 19.1 Å². The molecule has 0 saturated heterocycles. The van der Waals surface area contributed by atoms with Gasteiger partial charge in [0.15, 0.2) is 10.9 Å². The fraction of sp³-hybridized carbons (Fsp3) is 0.458. The van der Waals surface area contributed by atoms with Crippen LogP contribution in [0.15, 0.2) is 58.3 Å². The number of aromatic nitrogens is 3. The molecule has 31 heavy (non-hydrogen) atoms. The number of likely N-dealkylation sites (N-methyl/N-ethyl adjacent to an activating group) is 1. The van der Waals surface area contributed by atoms with E-state index in [1.165, 1.54) is 31.0 Å². The van der Waals surface area contributed by atoms with E-state index in [1.807, 2.05) is 61.2 Å². The van der Waals surface area contributed by atoms with Crippen LogP contribution in [0.4, 0.5) is 0 Å². The Morgan fingerprint density at radius 1 is 1.10 bits per heavy atom. The highest BCUT2D eigenvalue weighted by molar-refractivity contribution is 8.00. The van der Waals surface area contributed by atoms with Crippen molar-refractivity contribution in [2.75, 3.05) is 13.1 Å². The lowest BCUT2D eigenvalue weighted by atomic mass is 9.95. The molecule has 1 aromatic carbocycles. The van der Waals surface area contributed by atoms with Gasteiger partial charge in [-0.1, -0.05) is 61.4 Å². The Bertz CT molecular complexity index is 961. The predicted octanol–water partition coefficient (Wildman–Crippen LogP) is 5.75. The number of thioether (sulfide) groups is 1. The summed E-state index contributed by atoms with van der Waals surface area (Å²) in [4.78, 5) is 15.4. The molecule has 3 aromatic rings. The zero-order valence-corrected chi connectivity index (χ0v) is 19.1. The van der Waals surface area contributed by atoms with Crippen molar-refractivity contribution < 1.29 is 9.21 Å².